The Morgan fingerprint density at radius 2 is 0.692 bits per heavy atom. The van der Waals surface area contributed by atoms with Crippen molar-refractivity contribution in [3.05, 3.63) is 12.2 Å². The first-order chi connectivity index (χ1) is 11.9. The third-order valence-corrected chi connectivity index (χ3v) is 11.6. The molecule has 0 aromatic rings. The molecule has 0 spiro atoms. The Labute approximate surface area is 157 Å². The van der Waals surface area contributed by atoms with Gasteiger partial charge in [-0.3, -0.25) is 0 Å². The minimum absolute atomic E-state index is 0.0640. The van der Waals surface area contributed by atoms with Crippen LogP contribution in [0.25, 0.3) is 0 Å². The average Bonchev–Trinajstić information content (AvgIpc) is 3.01. The molecule has 4 nitrogen and oxygen atoms in total. The van der Waals surface area contributed by atoms with E-state index in [9.17, 15) is 0 Å². The van der Waals surface area contributed by atoms with Crippen LogP contribution < -0.4 is 0 Å². The zero-order chi connectivity index (χ0) is 18.7. The van der Waals surface area contributed by atoms with E-state index in [4.69, 9.17) is 20.5 Å². The van der Waals surface area contributed by atoms with Crippen molar-refractivity contribution in [1.29, 1.82) is 0 Å². The summed E-state index contributed by atoms with van der Waals surface area (Å²) >= 11 is 0. The maximum absolute atomic E-state index is 4.95. The monoisotopic (exact) mass is 352 g/mol. The molecule has 2 aliphatic heterocycles. The molecule has 7 rings (SSSR count). The zero-order valence-corrected chi connectivity index (χ0v) is 17.4. The van der Waals surface area contributed by atoms with Crippen molar-refractivity contribution in [3.8, 4) is 0 Å². The number of allylic oxidation sites excluding steroid dienone is 2. The maximum atomic E-state index is 4.95. The molecular formula is C22H32N4. The van der Waals surface area contributed by atoms with Gasteiger partial charge < -0.3 is 0 Å². The lowest BCUT2D eigenvalue weighted by Gasteiger charge is -2.58. The van der Waals surface area contributed by atoms with E-state index in [-0.39, 0.29) is 33.0 Å². The first-order valence-electron chi connectivity index (χ1n) is 10.4. The molecule has 0 amide bonds. The molecule has 0 saturated heterocycles. The Balaban J connectivity index is 1.61. The van der Waals surface area contributed by atoms with E-state index < -0.39 is 0 Å². The lowest BCUT2D eigenvalue weighted by molar-refractivity contribution is -0.0498. The van der Waals surface area contributed by atoms with Crippen molar-refractivity contribution in [1.82, 2.24) is 0 Å². The SMILES string of the molecule is CC1(C)[C@@]2(C)N=N[C@]1(C)[C@@H]1C3C=CC([C@@H]12)[C@H]1[C@@H]3[C@@]2(C)N=N[C@]1(C)C2(C)C. The quantitative estimate of drug-likeness (QED) is 0.530. The van der Waals surface area contributed by atoms with Gasteiger partial charge in [0.05, 0.1) is 22.2 Å². The summed E-state index contributed by atoms with van der Waals surface area (Å²) in [6.07, 6.45) is 5.10. The Kier molecular flexibility index (Phi) is 2.22. The van der Waals surface area contributed by atoms with Crippen molar-refractivity contribution in [2.45, 2.75) is 77.5 Å². The second-order valence-electron chi connectivity index (χ2n) is 11.9. The molecule has 140 valence electrons. The summed E-state index contributed by atoms with van der Waals surface area (Å²) < 4.78 is 0. The number of nitrogens with zero attached hydrogens (tertiary/aromatic N) is 4. The molecule has 6 bridgehead atoms. The smallest absolute Gasteiger partial charge is 0.0900 e. The highest BCUT2D eigenvalue weighted by Crippen LogP contribution is 2.81. The molecule has 0 unspecified atom stereocenters. The Morgan fingerprint density at radius 3 is 0.923 bits per heavy atom. The minimum Gasteiger partial charge on any atom is -0.186 e. The molecule has 4 heteroatoms. The van der Waals surface area contributed by atoms with Gasteiger partial charge in [0, 0.05) is 10.8 Å². The van der Waals surface area contributed by atoms with E-state index in [1.165, 1.54) is 0 Å². The van der Waals surface area contributed by atoms with Crippen LogP contribution in [0.4, 0.5) is 0 Å². The van der Waals surface area contributed by atoms with Crippen LogP contribution in [0, 0.1) is 46.3 Å². The van der Waals surface area contributed by atoms with Crippen molar-refractivity contribution in [2.75, 3.05) is 0 Å². The van der Waals surface area contributed by atoms with Crippen LogP contribution in [0.15, 0.2) is 32.6 Å². The highest BCUT2D eigenvalue weighted by molar-refractivity contribution is 5.41. The molecule has 2 heterocycles. The highest BCUT2D eigenvalue weighted by atomic mass is 15.3. The molecule has 7 aliphatic rings. The zero-order valence-electron chi connectivity index (χ0n) is 17.4. The first kappa shape index (κ1) is 15.9. The molecule has 0 aromatic heterocycles. The standard InChI is InChI=1S/C22H32N4/c1-17(2)19(5)13-11-9-10-12(14(13)20(17,6)24-23-19)16-15(11)21(7)18(3,4)22(16,8)26-25-21/h9-16H,1-8H3/t11?,12?,13-,14+,15-,16+,19-,20+,21-,22+. The maximum Gasteiger partial charge on any atom is 0.0900 e. The van der Waals surface area contributed by atoms with Crippen molar-refractivity contribution < 1.29 is 0 Å². The number of hydrogen-bond acceptors (Lipinski definition) is 4. The van der Waals surface area contributed by atoms with E-state index in [1.807, 2.05) is 0 Å². The van der Waals surface area contributed by atoms with Gasteiger partial charge in [0.15, 0.2) is 0 Å². The van der Waals surface area contributed by atoms with Crippen LogP contribution in [0.5, 0.6) is 0 Å². The summed E-state index contributed by atoms with van der Waals surface area (Å²) in [6, 6.07) is 0. The second kappa shape index (κ2) is 3.63. The fourth-order valence-electron chi connectivity index (χ4n) is 8.91. The molecule has 5 aliphatic carbocycles. The first-order valence-corrected chi connectivity index (χ1v) is 10.4. The van der Waals surface area contributed by atoms with Gasteiger partial charge >= 0.3 is 0 Å². The van der Waals surface area contributed by atoms with Crippen molar-refractivity contribution in [3.63, 3.8) is 0 Å². The minimum atomic E-state index is -0.0640. The molecule has 8 atom stereocenters. The van der Waals surface area contributed by atoms with E-state index in [1.54, 1.807) is 0 Å². The summed E-state index contributed by atoms with van der Waals surface area (Å²) in [4.78, 5) is 0. The predicted molar refractivity (Wildman–Crippen MR) is 101 cm³/mol. The van der Waals surface area contributed by atoms with Gasteiger partial charge in [-0.2, -0.15) is 20.5 Å². The van der Waals surface area contributed by atoms with Gasteiger partial charge in [-0.25, -0.2) is 0 Å². The van der Waals surface area contributed by atoms with Crippen LogP contribution >= 0.6 is 0 Å². The van der Waals surface area contributed by atoms with Gasteiger partial charge in [0.1, 0.15) is 0 Å². The largest absolute Gasteiger partial charge is 0.186 e. The summed E-state index contributed by atoms with van der Waals surface area (Å²) in [5, 5.41) is 19.8. The molecule has 0 aromatic carbocycles. The van der Waals surface area contributed by atoms with E-state index in [2.05, 4.69) is 67.5 Å². The summed E-state index contributed by atoms with van der Waals surface area (Å²) in [5.74, 6) is 3.43. The summed E-state index contributed by atoms with van der Waals surface area (Å²) in [6.45, 7) is 19.2. The molecular weight excluding hydrogens is 320 g/mol. The molecule has 3 saturated carbocycles. The van der Waals surface area contributed by atoms with Crippen LogP contribution in [-0.2, 0) is 0 Å². The molecule has 0 radical (unpaired) electrons. The van der Waals surface area contributed by atoms with Crippen LogP contribution in [0.3, 0.4) is 0 Å². The van der Waals surface area contributed by atoms with Crippen LogP contribution in [-0.4, -0.2) is 22.2 Å². The Hall–Kier alpha value is -1.06. The van der Waals surface area contributed by atoms with E-state index in [0.29, 0.717) is 35.5 Å². The summed E-state index contributed by atoms with van der Waals surface area (Å²) in [7, 11) is 0. The third kappa shape index (κ3) is 1.06. The molecule has 26 heavy (non-hydrogen) atoms. The van der Waals surface area contributed by atoms with Crippen LogP contribution in [0.1, 0.15) is 55.4 Å². The fraction of sp³-hybridized carbons (Fsp3) is 0.909. The van der Waals surface area contributed by atoms with Crippen molar-refractivity contribution >= 4 is 0 Å². The van der Waals surface area contributed by atoms with Crippen LogP contribution in [0.2, 0.25) is 0 Å². The third-order valence-electron chi connectivity index (χ3n) is 11.6. The van der Waals surface area contributed by atoms with Gasteiger partial charge in [-0.1, -0.05) is 39.8 Å². The van der Waals surface area contributed by atoms with E-state index >= 15 is 0 Å². The highest BCUT2D eigenvalue weighted by Gasteiger charge is 2.85. The number of fused-ring (bicyclic) bond motifs is 4. The lowest BCUT2D eigenvalue weighted by Crippen LogP contribution is -2.59. The predicted octanol–water partition coefficient (Wildman–Crippen LogP) is 5.31. The Bertz CT molecular complexity index is 715. The molecule has 0 N–H and O–H groups in total. The van der Waals surface area contributed by atoms with Crippen molar-refractivity contribution in [2.24, 2.45) is 66.8 Å². The number of azo groups is 2. The normalized spacial score (nSPS) is 66.5. The van der Waals surface area contributed by atoms with Gasteiger partial charge in [0.2, 0.25) is 0 Å². The lowest BCUT2D eigenvalue weighted by atomic mass is 9.48. The van der Waals surface area contributed by atoms with Gasteiger partial charge in [-0.15, -0.1) is 0 Å². The fourth-order valence-corrected chi connectivity index (χ4v) is 8.91. The number of rotatable bonds is 0. The second-order valence-corrected chi connectivity index (χ2v) is 11.9. The van der Waals surface area contributed by atoms with E-state index in [0.717, 1.165) is 0 Å². The Morgan fingerprint density at radius 1 is 0.462 bits per heavy atom. The number of hydrogen-bond donors (Lipinski definition) is 0. The average molecular weight is 353 g/mol. The topological polar surface area (TPSA) is 49.4 Å². The summed E-state index contributed by atoms with van der Waals surface area (Å²) in [5.41, 5.74) is -0.0594. The molecule has 3 fully saturated rings. The van der Waals surface area contributed by atoms with Gasteiger partial charge in [0.25, 0.3) is 0 Å². The van der Waals surface area contributed by atoms with Gasteiger partial charge in [-0.05, 0) is 63.2 Å².